The summed E-state index contributed by atoms with van der Waals surface area (Å²) in [5, 5.41) is 0.440. The average Bonchev–Trinajstić information content (AvgIpc) is 2.34. The van der Waals surface area contributed by atoms with Crippen molar-refractivity contribution in [3.05, 3.63) is 29.6 Å². The van der Waals surface area contributed by atoms with E-state index in [1.54, 1.807) is 6.07 Å². The zero-order valence-corrected chi connectivity index (χ0v) is 11.3. The lowest BCUT2D eigenvalue weighted by Crippen LogP contribution is -2.51. The number of benzene rings is 1. The zero-order valence-electron chi connectivity index (χ0n) is 10.5. The van der Waals surface area contributed by atoms with Gasteiger partial charge in [-0.05, 0) is 43.7 Å². The summed E-state index contributed by atoms with van der Waals surface area (Å²) < 4.78 is 19.5. The topological polar surface area (TPSA) is 35.2 Å². The molecule has 3 atom stereocenters. The van der Waals surface area contributed by atoms with Crippen LogP contribution in [0.1, 0.15) is 37.8 Å². The SMILES string of the molecule is CC1SCCCC12C[C@H](N)c1cc(F)ccc1O2. The standard InChI is InChI=1S/C14H18FNOS/c1-9-14(5-2-6-18-9)8-12(16)11-7-10(15)3-4-13(11)17-14/h3-4,7,9,12H,2,5-6,8,16H2,1H3/t9?,12-,14?/m0/s1. The Morgan fingerprint density at radius 2 is 2.33 bits per heavy atom. The highest BCUT2D eigenvalue weighted by molar-refractivity contribution is 8.00. The second-order valence-electron chi connectivity index (χ2n) is 5.28. The van der Waals surface area contributed by atoms with Crippen molar-refractivity contribution in [2.45, 2.75) is 43.1 Å². The lowest BCUT2D eigenvalue weighted by atomic mass is 9.82. The van der Waals surface area contributed by atoms with E-state index in [1.165, 1.54) is 17.9 Å². The molecule has 0 saturated carbocycles. The monoisotopic (exact) mass is 267 g/mol. The predicted molar refractivity (Wildman–Crippen MR) is 72.5 cm³/mol. The maximum absolute atomic E-state index is 13.3. The molecule has 1 saturated heterocycles. The molecule has 98 valence electrons. The molecule has 2 aliphatic rings. The molecule has 2 N–H and O–H groups in total. The van der Waals surface area contributed by atoms with Gasteiger partial charge in [0.15, 0.2) is 0 Å². The molecular formula is C14H18FNOS. The van der Waals surface area contributed by atoms with Gasteiger partial charge in [-0.15, -0.1) is 0 Å². The Labute approximate surface area is 111 Å². The fourth-order valence-electron chi connectivity index (χ4n) is 3.03. The van der Waals surface area contributed by atoms with Gasteiger partial charge in [-0.25, -0.2) is 4.39 Å². The molecule has 3 rings (SSSR count). The number of rotatable bonds is 0. The first-order chi connectivity index (χ1) is 8.61. The summed E-state index contributed by atoms with van der Waals surface area (Å²) in [7, 11) is 0. The van der Waals surface area contributed by atoms with Crippen LogP contribution in [0.25, 0.3) is 0 Å². The fraction of sp³-hybridized carbons (Fsp3) is 0.571. The van der Waals surface area contributed by atoms with Gasteiger partial charge >= 0.3 is 0 Å². The normalized spacial score (nSPS) is 35.1. The first-order valence-electron chi connectivity index (χ1n) is 6.46. The van der Waals surface area contributed by atoms with Gasteiger partial charge in [-0.1, -0.05) is 0 Å². The first-order valence-corrected chi connectivity index (χ1v) is 7.51. The zero-order chi connectivity index (χ0) is 12.8. The van der Waals surface area contributed by atoms with Crippen molar-refractivity contribution in [3.8, 4) is 5.75 Å². The second-order valence-corrected chi connectivity index (χ2v) is 6.72. The van der Waals surface area contributed by atoms with Crippen LogP contribution in [-0.4, -0.2) is 16.6 Å². The van der Waals surface area contributed by atoms with E-state index < -0.39 is 0 Å². The third-order valence-corrected chi connectivity index (χ3v) is 5.56. The molecule has 18 heavy (non-hydrogen) atoms. The van der Waals surface area contributed by atoms with Crippen LogP contribution in [0.2, 0.25) is 0 Å². The molecule has 2 heterocycles. The van der Waals surface area contributed by atoms with E-state index in [9.17, 15) is 4.39 Å². The largest absolute Gasteiger partial charge is 0.486 e. The molecule has 2 aliphatic heterocycles. The van der Waals surface area contributed by atoms with Crippen LogP contribution in [0.3, 0.4) is 0 Å². The number of fused-ring (bicyclic) bond motifs is 1. The van der Waals surface area contributed by atoms with E-state index >= 15 is 0 Å². The molecule has 1 aromatic carbocycles. The third-order valence-electron chi connectivity index (χ3n) is 4.10. The molecule has 4 heteroatoms. The van der Waals surface area contributed by atoms with Crippen molar-refractivity contribution < 1.29 is 9.13 Å². The quantitative estimate of drug-likeness (QED) is 0.783. The number of hydrogen-bond donors (Lipinski definition) is 1. The van der Waals surface area contributed by atoms with Crippen LogP contribution in [0.4, 0.5) is 4.39 Å². The summed E-state index contributed by atoms with van der Waals surface area (Å²) in [6.07, 6.45) is 3.00. The van der Waals surface area contributed by atoms with Crippen molar-refractivity contribution >= 4 is 11.8 Å². The van der Waals surface area contributed by atoms with Gasteiger partial charge in [-0.2, -0.15) is 11.8 Å². The number of hydrogen-bond acceptors (Lipinski definition) is 3. The van der Waals surface area contributed by atoms with Gasteiger partial charge in [0.1, 0.15) is 17.2 Å². The van der Waals surface area contributed by atoms with Crippen molar-refractivity contribution in [3.63, 3.8) is 0 Å². The van der Waals surface area contributed by atoms with Crippen molar-refractivity contribution in [2.75, 3.05) is 5.75 Å². The average molecular weight is 267 g/mol. The molecule has 1 fully saturated rings. The van der Waals surface area contributed by atoms with Crippen LogP contribution in [0.15, 0.2) is 18.2 Å². The smallest absolute Gasteiger partial charge is 0.125 e. The van der Waals surface area contributed by atoms with Gasteiger partial charge < -0.3 is 10.5 Å². The predicted octanol–water partition coefficient (Wildman–Crippen LogP) is 3.26. The molecule has 0 bridgehead atoms. The molecule has 2 nitrogen and oxygen atoms in total. The van der Waals surface area contributed by atoms with E-state index in [4.69, 9.17) is 10.5 Å². The highest BCUT2D eigenvalue weighted by Crippen LogP contribution is 2.47. The van der Waals surface area contributed by atoms with E-state index in [-0.39, 0.29) is 17.5 Å². The fourth-order valence-corrected chi connectivity index (χ4v) is 4.26. The lowest BCUT2D eigenvalue weighted by Gasteiger charge is -2.47. The van der Waals surface area contributed by atoms with E-state index in [0.29, 0.717) is 5.25 Å². The number of ether oxygens (including phenoxy) is 1. The maximum Gasteiger partial charge on any atom is 0.125 e. The van der Waals surface area contributed by atoms with Crippen LogP contribution >= 0.6 is 11.8 Å². The number of halogens is 1. The summed E-state index contributed by atoms with van der Waals surface area (Å²) in [5.74, 6) is 1.72. The Kier molecular flexibility index (Phi) is 3.02. The molecule has 0 aromatic heterocycles. The highest BCUT2D eigenvalue weighted by Gasteiger charge is 2.45. The van der Waals surface area contributed by atoms with Gasteiger partial charge in [0, 0.05) is 23.3 Å². The molecular weight excluding hydrogens is 249 g/mol. The molecule has 1 aromatic rings. The Morgan fingerprint density at radius 3 is 3.11 bits per heavy atom. The summed E-state index contributed by atoms with van der Waals surface area (Å²) in [6.45, 7) is 2.21. The Hall–Kier alpha value is -0.740. The minimum atomic E-state index is -0.241. The van der Waals surface area contributed by atoms with Crippen LogP contribution in [0.5, 0.6) is 5.75 Å². The van der Waals surface area contributed by atoms with Crippen LogP contribution < -0.4 is 10.5 Å². The van der Waals surface area contributed by atoms with E-state index in [1.807, 2.05) is 11.8 Å². The summed E-state index contributed by atoms with van der Waals surface area (Å²) >= 11 is 1.95. The summed E-state index contributed by atoms with van der Waals surface area (Å²) in [5.41, 5.74) is 6.88. The van der Waals surface area contributed by atoms with Crippen molar-refractivity contribution in [1.29, 1.82) is 0 Å². The lowest BCUT2D eigenvalue weighted by molar-refractivity contribution is 0.0254. The molecule has 0 amide bonds. The van der Waals surface area contributed by atoms with Gasteiger partial charge in [0.2, 0.25) is 0 Å². The van der Waals surface area contributed by atoms with Crippen LogP contribution in [0, 0.1) is 5.82 Å². The minimum absolute atomic E-state index is 0.120. The first kappa shape index (κ1) is 12.3. The maximum atomic E-state index is 13.3. The van der Waals surface area contributed by atoms with E-state index in [2.05, 4.69) is 6.92 Å². The second kappa shape index (κ2) is 4.42. The molecule has 1 spiro atoms. The van der Waals surface area contributed by atoms with Gasteiger partial charge in [-0.3, -0.25) is 0 Å². The summed E-state index contributed by atoms with van der Waals surface area (Å²) in [6, 6.07) is 4.56. The number of thioether (sulfide) groups is 1. The van der Waals surface area contributed by atoms with Crippen molar-refractivity contribution in [1.82, 2.24) is 0 Å². The van der Waals surface area contributed by atoms with E-state index in [0.717, 1.165) is 30.6 Å². The molecule has 0 aliphatic carbocycles. The summed E-state index contributed by atoms with van der Waals surface area (Å²) in [4.78, 5) is 0. The molecule has 2 unspecified atom stereocenters. The van der Waals surface area contributed by atoms with Crippen LogP contribution in [-0.2, 0) is 0 Å². The Bertz CT molecular complexity index is 467. The Balaban J connectivity index is 1.98. The number of nitrogens with two attached hydrogens (primary N) is 1. The molecule has 0 radical (unpaired) electrons. The van der Waals surface area contributed by atoms with Gasteiger partial charge in [0.05, 0.1) is 0 Å². The Morgan fingerprint density at radius 1 is 1.50 bits per heavy atom. The minimum Gasteiger partial charge on any atom is -0.486 e. The van der Waals surface area contributed by atoms with Gasteiger partial charge in [0.25, 0.3) is 0 Å². The third kappa shape index (κ3) is 1.91. The highest BCUT2D eigenvalue weighted by atomic mass is 32.2. The van der Waals surface area contributed by atoms with Crippen molar-refractivity contribution in [2.24, 2.45) is 5.73 Å².